The summed E-state index contributed by atoms with van der Waals surface area (Å²) in [5.41, 5.74) is 0.788. The summed E-state index contributed by atoms with van der Waals surface area (Å²) in [6, 6.07) is 0. The molecule has 0 bridgehead atoms. The van der Waals surface area contributed by atoms with E-state index < -0.39 is 0 Å². The first-order chi connectivity index (χ1) is 6.77. The van der Waals surface area contributed by atoms with Crippen molar-refractivity contribution < 1.29 is 14.3 Å². The lowest BCUT2D eigenvalue weighted by molar-refractivity contribution is -0.121. The topological polar surface area (TPSA) is 35.5 Å². The fourth-order valence-corrected chi connectivity index (χ4v) is 2.62. The van der Waals surface area contributed by atoms with Crippen LogP contribution in [0.4, 0.5) is 0 Å². The van der Waals surface area contributed by atoms with Gasteiger partial charge < -0.3 is 9.47 Å². The number of carbonyl (C=O) groups is 1. The lowest BCUT2D eigenvalue weighted by atomic mass is 9.82. The third-order valence-electron chi connectivity index (χ3n) is 3.34. The smallest absolute Gasteiger partial charge is 0.203 e. The number of ether oxygens (including phenoxy) is 2. The van der Waals surface area contributed by atoms with E-state index >= 15 is 0 Å². The van der Waals surface area contributed by atoms with E-state index in [4.69, 9.17) is 9.47 Å². The largest absolute Gasteiger partial charge is 0.472 e. The summed E-state index contributed by atoms with van der Waals surface area (Å²) in [5.74, 6) is 1.09. The van der Waals surface area contributed by atoms with Crippen LogP contribution in [0.15, 0.2) is 24.0 Å². The first-order valence-electron chi connectivity index (χ1n) is 4.94. The minimum absolute atomic E-state index is 0.102. The Bertz CT molecular complexity index is 342. The SMILES string of the molecule is CC(=O)C1=COC2OCC3C=CC1C32. The summed E-state index contributed by atoms with van der Waals surface area (Å²) in [4.78, 5) is 11.4. The average Bonchev–Trinajstić information content (AvgIpc) is 2.74. The summed E-state index contributed by atoms with van der Waals surface area (Å²) in [7, 11) is 0. The van der Waals surface area contributed by atoms with Crippen molar-refractivity contribution in [2.24, 2.45) is 17.8 Å². The Labute approximate surface area is 82.4 Å². The van der Waals surface area contributed by atoms with Crippen molar-refractivity contribution in [1.82, 2.24) is 0 Å². The van der Waals surface area contributed by atoms with Gasteiger partial charge in [-0.25, -0.2) is 0 Å². The van der Waals surface area contributed by atoms with E-state index in [2.05, 4.69) is 12.2 Å². The third-order valence-corrected chi connectivity index (χ3v) is 3.34. The molecule has 0 aromatic heterocycles. The zero-order valence-corrected chi connectivity index (χ0v) is 7.97. The first kappa shape index (κ1) is 8.24. The number of carbonyl (C=O) groups excluding carboxylic acids is 1. The van der Waals surface area contributed by atoms with Gasteiger partial charge in [0.25, 0.3) is 0 Å². The Morgan fingerprint density at radius 2 is 2.36 bits per heavy atom. The van der Waals surface area contributed by atoms with Gasteiger partial charge in [0.05, 0.1) is 12.9 Å². The van der Waals surface area contributed by atoms with Gasteiger partial charge in [0.15, 0.2) is 5.78 Å². The summed E-state index contributed by atoms with van der Waals surface area (Å²) in [6.07, 6.45) is 5.72. The Hall–Kier alpha value is -1.09. The van der Waals surface area contributed by atoms with E-state index in [-0.39, 0.29) is 18.0 Å². The molecule has 3 rings (SSSR count). The van der Waals surface area contributed by atoms with Crippen LogP contribution in [-0.4, -0.2) is 18.7 Å². The molecule has 3 nitrogen and oxygen atoms in total. The number of rotatable bonds is 1. The van der Waals surface area contributed by atoms with Crippen LogP contribution in [0.25, 0.3) is 0 Å². The number of allylic oxidation sites excluding steroid dienone is 2. The van der Waals surface area contributed by atoms with Gasteiger partial charge >= 0.3 is 0 Å². The quantitative estimate of drug-likeness (QED) is 0.587. The van der Waals surface area contributed by atoms with Crippen LogP contribution in [0.3, 0.4) is 0 Å². The van der Waals surface area contributed by atoms with Gasteiger partial charge in [-0.2, -0.15) is 0 Å². The summed E-state index contributed by atoms with van der Waals surface area (Å²) in [6.45, 7) is 2.31. The van der Waals surface area contributed by atoms with Crippen molar-refractivity contribution >= 4 is 5.78 Å². The zero-order chi connectivity index (χ0) is 9.71. The highest BCUT2D eigenvalue weighted by atomic mass is 16.7. The molecule has 0 aromatic carbocycles. The molecule has 2 heterocycles. The standard InChI is InChI=1S/C11H12O3/c1-6(12)9-5-14-11-10-7(4-13-11)2-3-8(9)10/h2-3,5,7-8,10-11H,4H2,1H3. The molecular formula is C11H12O3. The minimum Gasteiger partial charge on any atom is -0.472 e. The van der Waals surface area contributed by atoms with E-state index in [1.807, 2.05) is 0 Å². The van der Waals surface area contributed by atoms with E-state index in [1.165, 1.54) is 0 Å². The Morgan fingerprint density at radius 1 is 1.50 bits per heavy atom. The number of hydrogen-bond donors (Lipinski definition) is 0. The maximum atomic E-state index is 11.4. The van der Waals surface area contributed by atoms with E-state index in [0.717, 1.165) is 12.2 Å². The second-order valence-corrected chi connectivity index (χ2v) is 4.12. The molecule has 0 aromatic rings. The molecule has 0 amide bonds. The second-order valence-electron chi connectivity index (χ2n) is 4.12. The molecule has 0 N–H and O–H groups in total. The van der Waals surface area contributed by atoms with Crippen LogP contribution in [-0.2, 0) is 14.3 Å². The van der Waals surface area contributed by atoms with Crippen LogP contribution < -0.4 is 0 Å². The Kier molecular flexibility index (Phi) is 1.59. The van der Waals surface area contributed by atoms with E-state index in [9.17, 15) is 4.79 Å². The molecule has 74 valence electrons. The molecule has 0 radical (unpaired) electrons. The summed E-state index contributed by atoms with van der Waals surface area (Å²) < 4.78 is 10.9. The number of ketones is 1. The van der Waals surface area contributed by atoms with Crippen molar-refractivity contribution in [3.05, 3.63) is 24.0 Å². The normalized spacial score (nSPS) is 43.1. The number of hydrogen-bond acceptors (Lipinski definition) is 3. The molecule has 3 aliphatic rings. The van der Waals surface area contributed by atoms with Gasteiger partial charge in [0.1, 0.15) is 0 Å². The molecule has 2 aliphatic heterocycles. The molecule has 0 saturated carbocycles. The Balaban J connectivity index is 1.99. The van der Waals surface area contributed by atoms with E-state index in [0.29, 0.717) is 11.8 Å². The van der Waals surface area contributed by atoms with Crippen molar-refractivity contribution in [2.45, 2.75) is 13.2 Å². The fraction of sp³-hybridized carbons (Fsp3) is 0.545. The van der Waals surface area contributed by atoms with Gasteiger partial charge in [0, 0.05) is 23.3 Å². The third kappa shape index (κ3) is 0.932. The highest BCUT2D eigenvalue weighted by Gasteiger charge is 2.48. The molecule has 0 spiro atoms. The lowest BCUT2D eigenvalue weighted by Crippen LogP contribution is -2.32. The van der Waals surface area contributed by atoms with Crippen molar-refractivity contribution in [1.29, 1.82) is 0 Å². The molecule has 4 unspecified atom stereocenters. The average molecular weight is 192 g/mol. The Morgan fingerprint density at radius 3 is 3.14 bits per heavy atom. The highest BCUT2D eigenvalue weighted by molar-refractivity contribution is 5.94. The van der Waals surface area contributed by atoms with Gasteiger partial charge in [-0.15, -0.1) is 0 Å². The van der Waals surface area contributed by atoms with Gasteiger partial charge in [-0.1, -0.05) is 12.2 Å². The second kappa shape index (κ2) is 2.70. The number of Topliss-reactive ketones (excluding diaryl/α,β-unsaturated/α-hetero) is 1. The maximum absolute atomic E-state index is 11.4. The molecular weight excluding hydrogens is 180 g/mol. The van der Waals surface area contributed by atoms with Crippen molar-refractivity contribution in [3.63, 3.8) is 0 Å². The molecule has 4 atom stereocenters. The van der Waals surface area contributed by atoms with E-state index in [1.54, 1.807) is 13.2 Å². The van der Waals surface area contributed by atoms with Crippen LogP contribution in [0.2, 0.25) is 0 Å². The highest BCUT2D eigenvalue weighted by Crippen LogP contribution is 2.46. The first-order valence-corrected chi connectivity index (χ1v) is 4.94. The summed E-state index contributed by atoms with van der Waals surface area (Å²) in [5, 5.41) is 0. The van der Waals surface area contributed by atoms with Crippen molar-refractivity contribution in [3.8, 4) is 0 Å². The zero-order valence-electron chi connectivity index (χ0n) is 7.97. The molecule has 1 saturated heterocycles. The van der Waals surface area contributed by atoms with Crippen LogP contribution in [0, 0.1) is 17.8 Å². The van der Waals surface area contributed by atoms with Crippen molar-refractivity contribution in [2.75, 3.05) is 6.61 Å². The lowest BCUT2D eigenvalue weighted by Gasteiger charge is -2.29. The monoisotopic (exact) mass is 192 g/mol. The summed E-state index contributed by atoms with van der Waals surface area (Å²) >= 11 is 0. The van der Waals surface area contributed by atoms with Crippen LogP contribution in [0.5, 0.6) is 0 Å². The molecule has 3 heteroatoms. The fourth-order valence-electron chi connectivity index (χ4n) is 2.62. The maximum Gasteiger partial charge on any atom is 0.203 e. The van der Waals surface area contributed by atoms with Gasteiger partial charge in [-0.3, -0.25) is 4.79 Å². The minimum atomic E-state index is -0.136. The molecule has 1 fully saturated rings. The van der Waals surface area contributed by atoms with Gasteiger partial charge in [0.2, 0.25) is 6.29 Å². The van der Waals surface area contributed by atoms with Gasteiger partial charge in [-0.05, 0) is 6.92 Å². The predicted octanol–water partition coefficient (Wildman–Crippen LogP) is 1.26. The predicted molar refractivity (Wildman–Crippen MR) is 49.2 cm³/mol. The molecule has 14 heavy (non-hydrogen) atoms. The molecule has 1 aliphatic carbocycles. The van der Waals surface area contributed by atoms with Crippen LogP contribution in [0.1, 0.15) is 6.92 Å². The van der Waals surface area contributed by atoms with Crippen LogP contribution >= 0.6 is 0 Å².